The van der Waals surface area contributed by atoms with Gasteiger partial charge < -0.3 is 10.4 Å². The van der Waals surface area contributed by atoms with Crippen LogP contribution in [0.25, 0.3) is 6.08 Å². The molecule has 5 heteroatoms. The number of aromatic nitrogens is 1. The van der Waals surface area contributed by atoms with E-state index in [4.69, 9.17) is 0 Å². The second-order valence-electron chi connectivity index (χ2n) is 5.02. The number of benzene rings is 1. The molecule has 0 amide bonds. The number of aliphatic hydroxyl groups is 1. The monoisotopic (exact) mass is 304 g/mol. The molecule has 3 nitrogen and oxygen atoms in total. The fourth-order valence-corrected chi connectivity index (χ4v) is 1.98. The van der Waals surface area contributed by atoms with E-state index in [1.54, 1.807) is 12.4 Å². The first-order valence-corrected chi connectivity index (χ1v) is 7.01. The standard InChI is InChI=1S/C17H18F2N2O/c1-12(4-5-13-3-2-8-20-10-13)21-11-17(22)15-7-6-14(18)9-16(15)19/h2-10,12,17,21-22H,11H2,1H3/b5-4+. The van der Waals surface area contributed by atoms with E-state index in [2.05, 4.69) is 10.3 Å². The van der Waals surface area contributed by atoms with Gasteiger partial charge in [0.25, 0.3) is 0 Å². The summed E-state index contributed by atoms with van der Waals surface area (Å²) in [6, 6.07) is 6.92. The SMILES string of the molecule is CC(/C=C/c1cccnc1)NCC(O)c1ccc(F)cc1F. The maximum atomic E-state index is 13.5. The first kappa shape index (κ1) is 16.3. The second-order valence-corrected chi connectivity index (χ2v) is 5.02. The molecule has 2 unspecified atom stereocenters. The molecule has 0 radical (unpaired) electrons. The fourth-order valence-electron chi connectivity index (χ4n) is 1.98. The highest BCUT2D eigenvalue weighted by molar-refractivity contribution is 5.48. The van der Waals surface area contributed by atoms with Crippen LogP contribution in [-0.4, -0.2) is 22.7 Å². The molecule has 2 aromatic rings. The highest BCUT2D eigenvalue weighted by Crippen LogP contribution is 2.17. The van der Waals surface area contributed by atoms with E-state index in [9.17, 15) is 13.9 Å². The molecule has 0 aliphatic carbocycles. The van der Waals surface area contributed by atoms with Crippen LogP contribution in [0, 0.1) is 11.6 Å². The lowest BCUT2D eigenvalue weighted by Crippen LogP contribution is -2.29. The van der Waals surface area contributed by atoms with Crippen molar-refractivity contribution in [3.8, 4) is 0 Å². The Morgan fingerprint density at radius 3 is 2.82 bits per heavy atom. The Morgan fingerprint density at radius 2 is 2.14 bits per heavy atom. The first-order valence-electron chi connectivity index (χ1n) is 7.01. The van der Waals surface area contributed by atoms with Crippen molar-refractivity contribution in [3.05, 3.63) is 71.6 Å². The predicted molar refractivity (Wildman–Crippen MR) is 82.1 cm³/mol. The van der Waals surface area contributed by atoms with Crippen molar-refractivity contribution >= 4 is 6.08 Å². The Bertz CT molecular complexity index is 632. The largest absolute Gasteiger partial charge is 0.387 e. The van der Waals surface area contributed by atoms with Crippen LogP contribution in [0.5, 0.6) is 0 Å². The third-order valence-corrected chi connectivity index (χ3v) is 3.22. The van der Waals surface area contributed by atoms with Crippen LogP contribution in [0.4, 0.5) is 8.78 Å². The quantitative estimate of drug-likeness (QED) is 0.862. The number of nitrogens with zero attached hydrogens (tertiary/aromatic N) is 1. The van der Waals surface area contributed by atoms with Crippen LogP contribution in [0.3, 0.4) is 0 Å². The third-order valence-electron chi connectivity index (χ3n) is 3.22. The summed E-state index contributed by atoms with van der Waals surface area (Å²) in [5.41, 5.74) is 1.05. The Morgan fingerprint density at radius 1 is 1.32 bits per heavy atom. The van der Waals surface area contributed by atoms with E-state index >= 15 is 0 Å². The number of aliphatic hydroxyl groups excluding tert-OH is 1. The minimum atomic E-state index is -1.03. The van der Waals surface area contributed by atoms with E-state index in [1.165, 1.54) is 6.07 Å². The lowest BCUT2D eigenvalue weighted by atomic mass is 10.1. The minimum absolute atomic E-state index is 0.0154. The summed E-state index contributed by atoms with van der Waals surface area (Å²) in [4.78, 5) is 4.01. The van der Waals surface area contributed by atoms with Crippen LogP contribution < -0.4 is 5.32 Å². The number of hydrogen-bond donors (Lipinski definition) is 2. The first-order chi connectivity index (χ1) is 10.6. The molecule has 2 atom stereocenters. The Kier molecular flexibility index (Phi) is 5.75. The van der Waals surface area contributed by atoms with E-state index in [0.29, 0.717) is 0 Å². The zero-order chi connectivity index (χ0) is 15.9. The van der Waals surface area contributed by atoms with Crippen molar-refractivity contribution in [1.29, 1.82) is 0 Å². The highest BCUT2D eigenvalue weighted by atomic mass is 19.1. The van der Waals surface area contributed by atoms with Crippen molar-refractivity contribution < 1.29 is 13.9 Å². The number of pyridine rings is 1. The van der Waals surface area contributed by atoms with Crippen molar-refractivity contribution in [2.75, 3.05) is 6.54 Å². The van der Waals surface area contributed by atoms with Gasteiger partial charge in [-0.25, -0.2) is 8.78 Å². The molecule has 1 aromatic carbocycles. The summed E-state index contributed by atoms with van der Waals surface area (Å²) in [6.07, 6.45) is 6.24. The summed E-state index contributed by atoms with van der Waals surface area (Å²) in [7, 11) is 0. The molecule has 0 bridgehead atoms. The molecule has 2 N–H and O–H groups in total. The number of rotatable bonds is 6. The minimum Gasteiger partial charge on any atom is -0.387 e. The van der Waals surface area contributed by atoms with E-state index in [1.807, 2.05) is 31.2 Å². The van der Waals surface area contributed by atoms with E-state index < -0.39 is 17.7 Å². The van der Waals surface area contributed by atoms with Crippen LogP contribution in [-0.2, 0) is 0 Å². The fraction of sp³-hybridized carbons (Fsp3) is 0.235. The Hall–Kier alpha value is -2.11. The van der Waals surface area contributed by atoms with Gasteiger partial charge in [-0.1, -0.05) is 24.3 Å². The van der Waals surface area contributed by atoms with Gasteiger partial charge in [0.15, 0.2) is 0 Å². The van der Waals surface area contributed by atoms with Gasteiger partial charge in [-0.05, 0) is 24.6 Å². The smallest absolute Gasteiger partial charge is 0.131 e. The molecule has 0 spiro atoms. The summed E-state index contributed by atoms with van der Waals surface area (Å²) < 4.78 is 26.4. The zero-order valence-corrected chi connectivity index (χ0v) is 12.2. The number of halogens is 2. The van der Waals surface area contributed by atoms with Crippen LogP contribution in [0.2, 0.25) is 0 Å². The maximum Gasteiger partial charge on any atom is 0.131 e. The van der Waals surface area contributed by atoms with Gasteiger partial charge in [-0.2, -0.15) is 0 Å². The average Bonchev–Trinajstić information content (AvgIpc) is 2.51. The molecule has 1 heterocycles. The van der Waals surface area contributed by atoms with Gasteiger partial charge in [0.2, 0.25) is 0 Å². The van der Waals surface area contributed by atoms with E-state index in [-0.39, 0.29) is 18.2 Å². The van der Waals surface area contributed by atoms with Gasteiger partial charge in [0.05, 0.1) is 6.10 Å². The third kappa shape index (κ3) is 4.72. The molecule has 0 aliphatic heterocycles. The van der Waals surface area contributed by atoms with Crippen molar-refractivity contribution in [2.45, 2.75) is 19.1 Å². The van der Waals surface area contributed by atoms with Gasteiger partial charge in [-0.3, -0.25) is 4.98 Å². The molecule has 116 valence electrons. The second kappa shape index (κ2) is 7.77. The summed E-state index contributed by atoms with van der Waals surface area (Å²) >= 11 is 0. The molecule has 0 saturated carbocycles. The van der Waals surface area contributed by atoms with Gasteiger partial charge in [0, 0.05) is 36.6 Å². The lowest BCUT2D eigenvalue weighted by Gasteiger charge is -2.15. The molecule has 0 aliphatic rings. The molecule has 0 fully saturated rings. The van der Waals surface area contributed by atoms with Crippen LogP contribution in [0.1, 0.15) is 24.2 Å². The molecule has 22 heavy (non-hydrogen) atoms. The normalized spacial score (nSPS) is 14.2. The molecular formula is C17H18F2N2O. The molecular weight excluding hydrogens is 286 g/mol. The maximum absolute atomic E-state index is 13.5. The van der Waals surface area contributed by atoms with Crippen molar-refractivity contribution in [2.24, 2.45) is 0 Å². The van der Waals surface area contributed by atoms with Crippen LogP contribution >= 0.6 is 0 Å². The highest BCUT2D eigenvalue weighted by Gasteiger charge is 2.13. The summed E-state index contributed by atoms with van der Waals surface area (Å²) in [6.45, 7) is 2.09. The topological polar surface area (TPSA) is 45.2 Å². The molecule has 0 saturated heterocycles. The van der Waals surface area contributed by atoms with Gasteiger partial charge in [-0.15, -0.1) is 0 Å². The Balaban J connectivity index is 1.87. The molecule has 2 rings (SSSR count). The summed E-state index contributed by atoms with van der Waals surface area (Å²) in [5, 5.41) is 13.0. The number of hydrogen-bond acceptors (Lipinski definition) is 3. The van der Waals surface area contributed by atoms with Gasteiger partial charge >= 0.3 is 0 Å². The van der Waals surface area contributed by atoms with Crippen molar-refractivity contribution in [3.63, 3.8) is 0 Å². The van der Waals surface area contributed by atoms with E-state index in [0.717, 1.165) is 17.7 Å². The van der Waals surface area contributed by atoms with Crippen LogP contribution in [0.15, 0.2) is 48.8 Å². The predicted octanol–water partition coefficient (Wildman–Crippen LogP) is 3.08. The Labute approximate surface area is 128 Å². The summed E-state index contributed by atoms with van der Waals surface area (Å²) in [5.74, 6) is -1.40. The molecule has 1 aromatic heterocycles. The average molecular weight is 304 g/mol. The van der Waals surface area contributed by atoms with Crippen molar-refractivity contribution in [1.82, 2.24) is 10.3 Å². The zero-order valence-electron chi connectivity index (χ0n) is 12.2. The number of nitrogens with one attached hydrogen (secondary N) is 1. The van der Waals surface area contributed by atoms with Gasteiger partial charge in [0.1, 0.15) is 11.6 Å². The lowest BCUT2D eigenvalue weighted by molar-refractivity contribution is 0.168.